The van der Waals surface area contributed by atoms with E-state index in [0.29, 0.717) is 38.2 Å². The average molecular weight is 403 g/mol. The first-order valence-electron chi connectivity index (χ1n) is 7.55. The van der Waals surface area contributed by atoms with Gasteiger partial charge in [0.05, 0.1) is 20.9 Å². The lowest BCUT2D eigenvalue weighted by Crippen LogP contribution is -2.05. The Morgan fingerprint density at radius 2 is 1.73 bits per heavy atom. The average Bonchev–Trinajstić information content (AvgIpc) is 3.04. The van der Waals surface area contributed by atoms with Crippen molar-refractivity contribution in [2.45, 2.75) is 0 Å². The van der Waals surface area contributed by atoms with Gasteiger partial charge in [-0.2, -0.15) is 0 Å². The van der Waals surface area contributed by atoms with E-state index in [-0.39, 0.29) is 0 Å². The number of anilines is 5. The number of fused-ring (bicyclic) bond motifs is 1. The zero-order chi connectivity index (χ0) is 18.1. The summed E-state index contributed by atoms with van der Waals surface area (Å²) in [5.41, 5.74) is 8.08. The van der Waals surface area contributed by atoms with Gasteiger partial charge in [0.25, 0.3) is 0 Å². The number of hydrogen-bond donors (Lipinski definition) is 3. The molecule has 0 aliphatic heterocycles. The van der Waals surface area contributed by atoms with Crippen LogP contribution in [-0.4, -0.2) is 15.0 Å². The molecule has 4 rings (SSSR count). The van der Waals surface area contributed by atoms with E-state index in [2.05, 4.69) is 25.6 Å². The van der Waals surface area contributed by atoms with Gasteiger partial charge in [0.15, 0.2) is 16.8 Å². The van der Waals surface area contributed by atoms with E-state index in [1.54, 1.807) is 18.2 Å². The maximum absolute atomic E-state index is 6.21. The van der Waals surface area contributed by atoms with Crippen molar-refractivity contribution in [1.29, 1.82) is 0 Å². The van der Waals surface area contributed by atoms with Gasteiger partial charge in [-0.1, -0.05) is 46.7 Å². The molecule has 6 nitrogen and oxygen atoms in total. The highest BCUT2D eigenvalue weighted by atomic mass is 35.5. The van der Waals surface area contributed by atoms with E-state index in [1.165, 1.54) is 17.7 Å². The number of nitrogens with zero attached hydrogens (tertiary/aromatic N) is 3. The Kier molecular flexibility index (Phi) is 4.50. The van der Waals surface area contributed by atoms with E-state index in [1.807, 2.05) is 24.3 Å². The summed E-state index contributed by atoms with van der Waals surface area (Å²) in [6.45, 7) is 0. The third-order valence-electron chi connectivity index (χ3n) is 3.58. The third kappa shape index (κ3) is 3.37. The number of nitrogens with two attached hydrogens (primary N) is 1. The highest BCUT2D eigenvalue weighted by molar-refractivity contribution is 7.22. The predicted molar refractivity (Wildman–Crippen MR) is 109 cm³/mol. The Balaban J connectivity index is 1.64. The van der Waals surface area contributed by atoms with Crippen LogP contribution in [-0.2, 0) is 0 Å². The van der Waals surface area contributed by atoms with Crippen LogP contribution in [0.1, 0.15) is 0 Å². The van der Waals surface area contributed by atoms with Crippen LogP contribution < -0.4 is 16.4 Å². The SMILES string of the molecule is Nc1c(Nc2nc3ccccc3s2)ncnc1Nc1cc(Cl)ccc1Cl. The van der Waals surface area contributed by atoms with E-state index < -0.39 is 0 Å². The number of para-hydroxylation sites is 1. The van der Waals surface area contributed by atoms with E-state index >= 15 is 0 Å². The largest absolute Gasteiger partial charge is 0.393 e. The Bertz CT molecular complexity index is 1060. The lowest BCUT2D eigenvalue weighted by Gasteiger charge is -2.12. The number of halogens is 2. The van der Waals surface area contributed by atoms with Gasteiger partial charge < -0.3 is 16.4 Å². The Labute approximate surface area is 163 Å². The summed E-state index contributed by atoms with van der Waals surface area (Å²) in [6, 6.07) is 13.0. The van der Waals surface area contributed by atoms with Crippen LogP contribution >= 0.6 is 34.5 Å². The highest BCUT2D eigenvalue weighted by Gasteiger charge is 2.12. The van der Waals surface area contributed by atoms with Crippen molar-refractivity contribution in [2.24, 2.45) is 0 Å². The minimum absolute atomic E-state index is 0.350. The second kappa shape index (κ2) is 6.95. The molecule has 4 aromatic rings. The van der Waals surface area contributed by atoms with Crippen molar-refractivity contribution in [3.05, 3.63) is 58.8 Å². The molecular formula is C17H12Cl2N6S. The summed E-state index contributed by atoms with van der Waals surface area (Å²) in [5.74, 6) is 0.882. The molecule has 2 heterocycles. The molecule has 0 bridgehead atoms. The van der Waals surface area contributed by atoms with Crippen molar-refractivity contribution in [1.82, 2.24) is 15.0 Å². The third-order valence-corrected chi connectivity index (χ3v) is 5.10. The number of nitrogens with one attached hydrogen (secondary N) is 2. The molecule has 26 heavy (non-hydrogen) atoms. The van der Waals surface area contributed by atoms with Gasteiger partial charge in [-0.05, 0) is 30.3 Å². The minimum atomic E-state index is 0.350. The highest BCUT2D eigenvalue weighted by Crippen LogP contribution is 2.34. The van der Waals surface area contributed by atoms with Crippen LogP contribution in [0, 0.1) is 0 Å². The fourth-order valence-electron chi connectivity index (χ4n) is 2.34. The summed E-state index contributed by atoms with van der Waals surface area (Å²) in [6.07, 6.45) is 1.41. The number of rotatable bonds is 4. The standard InChI is InChI=1S/C17H12Cl2N6S/c18-9-5-6-10(19)12(7-9)23-15-14(20)16(22-8-21-15)25-17-24-11-3-1-2-4-13(11)26-17/h1-8H,20H2,(H2,21,22,23,24,25). The molecule has 0 radical (unpaired) electrons. The van der Waals surface area contributed by atoms with Gasteiger partial charge in [0.2, 0.25) is 0 Å². The molecule has 0 aliphatic rings. The fourth-order valence-corrected chi connectivity index (χ4v) is 3.54. The summed E-state index contributed by atoms with van der Waals surface area (Å²) >= 11 is 13.7. The number of benzene rings is 2. The van der Waals surface area contributed by atoms with Gasteiger partial charge in [-0.15, -0.1) is 0 Å². The minimum Gasteiger partial charge on any atom is -0.393 e. The Morgan fingerprint density at radius 3 is 2.54 bits per heavy atom. The van der Waals surface area contributed by atoms with Crippen LogP contribution in [0.25, 0.3) is 10.2 Å². The lowest BCUT2D eigenvalue weighted by atomic mass is 10.3. The van der Waals surface area contributed by atoms with Crippen LogP contribution in [0.3, 0.4) is 0 Å². The van der Waals surface area contributed by atoms with Crippen molar-refractivity contribution in [2.75, 3.05) is 16.4 Å². The quantitative estimate of drug-likeness (QED) is 0.419. The van der Waals surface area contributed by atoms with Crippen LogP contribution in [0.2, 0.25) is 10.0 Å². The van der Waals surface area contributed by atoms with E-state index in [9.17, 15) is 0 Å². The summed E-state index contributed by atoms with van der Waals surface area (Å²) in [5, 5.41) is 7.99. The molecule has 0 atom stereocenters. The smallest absolute Gasteiger partial charge is 0.189 e. The lowest BCUT2D eigenvalue weighted by molar-refractivity contribution is 1.17. The Morgan fingerprint density at radius 1 is 0.962 bits per heavy atom. The molecule has 130 valence electrons. The zero-order valence-corrected chi connectivity index (χ0v) is 15.5. The van der Waals surface area contributed by atoms with Crippen molar-refractivity contribution >= 4 is 72.9 Å². The summed E-state index contributed by atoms with van der Waals surface area (Å²) in [7, 11) is 0. The molecule has 0 amide bonds. The maximum atomic E-state index is 6.21. The van der Waals surface area contributed by atoms with Crippen LogP contribution in [0.15, 0.2) is 48.8 Å². The monoisotopic (exact) mass is 402 g/mol. The molecule has 0 saturated carbocycles. The normalized spacial score (nSPS) is 10.8. The molecule has 2 aromatic heterocycles. The van der Waals surface area contributed by atoms with Crippen molar-refractivity contribution in [3.63, 3.8) is 0 Å². The number of thiazole rings is 1. The maximum Gasteiger partial charge on any atom is 0.189 e. The van der Waals surface area contributed by atoms with Gasteiger partial charge in [-0.3, -0.25) is 0 Å². The summed E-state index contributed by atoms with van der Waals surface area (Å²) in [4.78, 5) is 12.9. The molecule has 0 fully saturated rings. The molecule has 2 aromatic carbocycles. The molecule has 9 heteroatoms. The molecule has 0 aliphatic carbocycles. The molecule has 4 N–H and O–H groups in total. The second-order valence-electron chi connectivity index (χ2n) is 5.35. The van der Waals surface area contributed by atoms with E-state index in [0.717, 1.165) is 10.2 Å². The Hall–Kier alpha value is -2.61. The number of aromatic nitrogens is 3. The van der Waals surface area contributed by atoms with E-state index in [4.69, 9.17) is 28.9 Å². The van der Waals surface area contributed by atoms with Gasteiger partial charge in [0.1, 0.15) is 12.0 Å². The molecule has 0 saturated heterocycles. The van der Waals surface area contributed by atoms with Gasteiger partial charge in [-0.25, -0.2) is 15.0 Å². The summed E-state index contributed by atoms with van der Waals surface area (Å²) < 4.78 is 1.08. The first-order chi connectivity index (χ1) is 12.6. The number of hydrogen-bond acceptors (Lipinski definition) is 7. The first kappa shape index (κ1) is 16.8. The van der Waals surface area contributed by atoms with Crippen LogP contribution in [0.4, 0.5) is 28.1 Å². The fraction of sp³-hybridized carbons (Fsp3) is 0. The molecule has 0 unspecified atom stereocenters. The topological polar surface area (TPSA) is 88.8 Å². The van der Waals surface area contributed by atoms with Crippen LogP contribution in [0.5, 0.6) is 0 Å². The second-order valence-corrected chi connectivity index (χ2v) is 7.22. The van der Waals surface area contributed by atoms with Crippen molar-refractivity contribution < 1.29 is 0 Å². The van der Waals surface area contributed by atoms with Gasteiger partial charge >= 0.3 is 0 Å². The van der Waals surface area contributed by atoms with Gasteiger partial charge in [0, 0.05) is 5.02 Å². The predicted octanol–water partition coefficient (Wildman–Crippen LogP) is 5.46. The zero-order valence-electron chi connectivity index (χ0n) is 13.2. The molecular weight excluding hydrogens is 391 g/mol. The molecule has 0 spiro atoms. The van der Waals surface area contributed by atoms with Crippen molar-refractivity contribution in [3.8, 4) is 0 Å². The number of nitrogen functional groups attached to an aromatic ring is 1. The first-order valence-corrected chi connectivity index (χ1v) is 9.12.